The van der Waals surface area contributed by atoms with Crippen LogP contribution in [0.2, 0.25) is 0 Å². The molecule has 24 heavy (non-hydrogen) atoms. The molecule has 4 aliphatic rings. The van der Waals surface area contributed by atoms with Crippen LogP contribution < -0.4 is 0 Å². The van der Waals surface area contributed by atoms with Gasteiger partial charge in [0, 0.05) is 12.0 Å². The fraction of sp³-hybridized carbons (Fsp3) is 0.684. The van der Waals surface area contributed by atoms with Crippen molar-refractivity contribution in [3.8, 4) is 0 Å². The maximum atomic E-state index is 12.8. The maximum absolute atomic E-state index is 12.8. The Bertz CT molecular complexity index is 566. The molecule has 0 aromatic carbocycles. The highest BCUT2D eigenvalue weighted by Crippen LogP contribution is 2.57. The summed E-state index contributed by atoms with van der Waals surface area (Å²) in [5, 5.41) is 0. The normalized spacial score (nSPS) is 35.2. The predicted molar refractivity (Wildman–Crippen MR) is 102 cm³/mol. The number of thioether (sulfide) groups is 1. The van der Waals surface area contributed by atoms with Crippen LogP contribution in [0.3, 0.4) is 0 Å². The van der Waals surface area contributed by atoms with Gasteiger partial charge in [0.1, 0.15) is 6.10 Å². The lowest BCUT2D eigenvalue weighted by molar-refractivity contribution is -0.155. The molecule has 0 bridgehead atoms. The van der Waals surface area contributed by atoms with E-state index in [0.29, 0.717) is 5.92 Å². The Labute approximate surface area is 154 Å². The molecule has 0 aromatic heterocycles. The van der Waals surface area contributed by atoms with Crippen molar-refractivity contribution in [3.05, 3.63) is 23.9 Å². The predicted octanol–water partition coefficient (Wildman–Crippen LogP) is 4.71. The van der Waals surface area contributed by atoms with Crippen molar-refractivity contribution in [3.63, 3.8) is 0 Å². The van der Waals surface area contributed by atoms with Crippen LogP contribution in [-0.4, -0.2) is 28.8 Å². The smallest absolute Gasteiger partial charge is 0.310 e. The molecule has 4 rings (SSSR count). The van der Waals surface area contributed by atoms with E-state index in [1.165, 1.54) is 25.7 Å². The van der Waals surface area contributed by atoms with E-state index in [9.17, 15) is 4.79 Å². The number of halogens is 1. The van der Waals surface area contributed by atoms with Crippen molar-refractivity contribution in [1.82, 2.24) is 0 Å². The molecule has 2 aliphatic heterocycles. The SMILES string of the molecule is Cl.O=C(OC1CCCCCC1)C1CSC23CC=CC=C2N=CCC13. The third kappa shape index (κ3) is 3.20. The van der Waals surface area contributed by atoms with Crippen LogP contribution in [0.25, 0.3) is 0 Å². The third-order valence-electron chi connectivity index (χ3n) is 5.83. The second kappa shape index (κ2) is 7.65. The highest BCUT2D eigenvalue weighted by atomic mass is 35.5. The Morgan fingerprint density at radius 2 is 2.04 bits per heavy atom. The van der Waals surface area contributed by atoms with Gasteiger partial charge in [-0.05, 0) is 50.5 Å². The summed E-state index contributed by atoms with van der Waals surface area (Å²) in [5.41, 5.74) is 1.16. The van der Waals surface area contributed by atoms with Crippen molar-refractivity contribution in [2.75, 3.05) is 5.75 Å². The van der Waals surface area contributed by atoms with E-state index < -0.39 is 0 Å². The lowest BCUT2D eigenvalue weighted by Gasteiger charge is -2.39. The molecule has 3 atom stereocenters. The number of hydrogen-bond donors (Lipinski definition) is 0. The van der Waals surface area contributed by atoms with Crippen molar-refractivity contribution in [2.45, 2.75) is 62.2 Å². The second-order valence-electron chi connectivity index (χ2n) is 7.20. The molecule has 132 valence electrons. The summed E-state index contributed by atoms with van der Waals surface area (Å²) >= 11 is 1.93. The van der Waals surface area contributed by atoms with Gasteiger partial charge in [0.05, 0.1) is 16.4 Å². The third-order valence-corrected chi connectivity index (χ3v) is 7.55. The first-order valence-corrected chi connectivity index (χ1v) is 10.0. The number of esters is 1. The largest absolute Gasteiger partial charge is 0.462 e. The summed E-state index contributed by atoms with van der Waals surface area (Å²) < 4.78 is 5.97. The van der Waals surface area contributed by atoms with Gasteiger partial charge in [0.15, 0.2) is 0 Å². The fourth-order valence-electron chi connectivity index (χ4n) is 4.52. The topological polar surface area (TPSA) is 38.7 Å². The van der Waals surface area contributed by atoms with Gasteiger partial charge in [-0.1, -0.05) is 25.0 Å². The van der Waals surface area contributed by atoms with Crippen LogP contribution in [0.5, 0.6) is 0 Å². The van der Waals surface area contributed by atoms with Gasteiger partial charge >= 0.3 is 5.97 Å². The molecule has 2 heterocycles. The lowest BCUT2D eigenvalue weighted by Crippen LogP contribution is -2.41. The van der Waals surface area contributed by atoms with Crippen LogP contribution in [0.4, 0.5) is 0 Å². The molecule has 2 aliphatic carbocycles. The quantitative estimate of drug-likeness (QED) is 0.524. The van der Waals surface area contributed by atoms with E-state index in [1.807, 2.05) is 18.0 Å². The summed E-state index contributed by atoms with van der Waals surface area (Å²) in [6.45, 7) is 0. The summed E-state index contributed by atoms with van der Waals surface area (Å²) in [5.74, 6) is 1.31. The highest BCUT2D eigenvalue weighted by molar-refractivity contribution is 8.01. The Kier molecular flexibility index (Phi) is 5.76. The molecule has 0 N–H and O–H groups in total. The van der Waals surface area contributed by atoms with Gasteiger partial charge in [-0.3, -0.25) is 9.79 Å². The van der Waals surface area contributed by atoms with E-state index >= 15 is 0 Å². The average molecular weight is 368 g/mol. The van der Waals surface area contributed by atoms with E-state index in [2.05, 4.69) is 23.2 Å². The van der Waals surface area contributed by atoms with Crippen LogP contribution in [0.1, 0.15) is 51.4 Å². The molecule has 3 nitrogen and oxygen atoms in total. The zero-order chi connectivity index (χ0) is 15.7. The summed E-state index contributed by atoms with van der Waals surface area (Å²) in [4.78, 5) is 17.5. The van der Waals surface area contributed by atoms with Crippen LogP contribution in [0, 0.1) is 11.8 Å². The molecule has 1 saturated heterocycles. The van der Waals surface area contributed by atoms with Gasteiger partial charge in [0.2, 0.25) is 0 Å². The average Bonchev–Trinajstić information content (AvgIpc) is 2.75. The number of ether oxygens (including phenoxy) is 1. The van der Waals surface area contributed by atoms with E-state index in [1.54, 1.807) is 0 Å². The van der Waals surface area contributed by atoms with Crippen LogP contribution >= 0.6 is 24.2 Å². The number of allylic oxidation sites excluding steroid dienone is 3. The number of hydrogen-bond acceptors (Lipinski definition) is 4. The van der Waals surface area contributed by atoms with Crippen molar-refractivity contribution in [2.24, 2.45) is 16.8 Å². The molecule has 5 heteroatoms. The molecule has 1 saturated carbocycles. The van der Waals surface area contributed by atoms with Crippen LogP contribution in [0.15, 0.2) is 28.9 Å². The van der Waals surface area contributed by atoms with Gasteiger partial charge in [-0.15, -0.1) is 24.2 Å². The van der Waals surface area contributed by atoms with Gasteiger partial charge < -0.3 is 4.74 Å². The number of aliphatic imine (C=N–C) groups is 1. The van der Waals surface area contributed by atoms with Crippen molar-refractivity contribution < 1.29 is 9.53 Å². The Hall–Kier alpha value is -0.740. The first-order valence-electron chi connectivity index (χ1n) is 9.04. The highest BCUT2D eigenvalue weighted by Gasteiger charge is 2.55. The number of rotatable bonds is 2. The zero-order valence-corrected chi connectivity index (χ0v) is 15.6. The Balaban J connectivity index is 0.00000169. The Morgan fingerprint density at radius 3 is 2.83 bits per heavy atom. The molecular formula is C19H26ClNO2S. The lowest BCUT2D eigenvalue weighted by atomic mass is 9.74. The van der Waals surface area contributed by atoms with Crippen molar-refractivity contribution in [1.29, 1.82) is 0 Å². The minimum absolute atomic E-state index is 0. The maximum Gasteiger partial charge on any atom is 0.310 e. The van der Waals surface area contributed by atoms with Crippen molar-refractivity contribution >= 4 is 36.4 Å². The van der Waals surface area contributed by atoms with Gasteiger partial charge in [0.25, 0.3) is 0 Å². The molecule has 2 fully saturated rings. The minimum atomic E-state index is 0. The van der Waals surface area contributed by atoms with Crippen LogP contribution in [-0.2, 0) is 9.53 Å². The Morgan fingerprint density at radius 1 is 1.25 bits per heavy atom. The minimum Gasteiger partial charge on any atom is -0.462 e. The molecule has 0 radical (unpaired) electrons. The molecular weight excluding hydrogens is 342 g/mol. The number of nitrogens with zero attached hydrogens (tertiary/aromatic N) is 1. The molecule has 3 unspecified atom stereocenters. The summed E-state index contributed by atoms with van der Waals surface area (Å²) in [6.07, 6.45) is 17.6. The van der Waals surface area contributed by atoms with Gasteiger partial charge in [-0.2, -0.15) is 0 Å². The number of carbonyl (C=O) groups is 1. The monoisotopic (exact) mass is 367 g/mol. The van der Waals surface area contributed by atoms with Gasteiger partial charge in [-0.25, -0.2) is 0 Å². The van der Waals surface area contributed by atoms with E-state index in [4.69, 9.17) is 4.74 Å². The number of carbonyl (C=O) groups excluding carboxylic acids is 1. The van der Waals surface area contributed by atoms with E-state index in [-0.39, 0.29) is 35.1 Å². The second-order valence-corrected chi connectivity index (χ2v) is 8.55. The standard InChI is InChI=1S/C19H25NO2S.ClH/c21-18(22-14-7-3-1-2-4-8-14)15-13-23-19-11-6-5-9-17(19)20-12-10-16(15)19;/h5-6,9,12,14-16H,1-4,7-8,10-11,13H2;1H. The first kappa shape index (κ1) is 18.1. The molecule has 0 amide bonds. The summed E-state index contributed by atoms with van der Waals surface area (Å²) in [7, 11) is 0. The summed E-state index contributed by atoms with van der Waals surface area (Å²) in [6, 6.07) is 0. The molecule has 1 spiro atoms. The van der Waals surface area contributed by atoms with E-state index in [0.717, 1.165) is 37.1 Å². The fourth-order valence-corrected chi connectivity index (χ4v) is 6.33. The first-order chi connectivity index (χ1) is 11.3. The zero-order valence-electron chi connectivity index (χ0n) is 14.0. The molecule has 0 aromatic rings.